The Kier molecular flexibility index (Phi) is 5.52. The van der Waals surface area contributed by atoms with E-state index in [2.05, 4.69) is 5.32 Å². The first-order chi connectivity index (χ1) is 10.6. The lowest BCUT2D eigenvalue weighted by molar-refractivity contribution is -0.152. The van der Waals surface area contributed by atoms with Crippen molar-refractivity contribution in [2.24, 2.45) is 5.92 Å². The van der Waals surface area contributed by atoms with Crippen LogP contribution in [0.25, 0.3) is 0 Å². The SMILES string of the molecule is CCOC(=O)C1CCN(C(=O)C(=O)Nc2ccccc2)CC1. The number of para-hydroxylation sites is 1. The molecule has 0 unspecified atom stereocenters. The van der Waals surface area contributed by atoms with Crippen LogP contribution in [0, 0.1) is 5.92 Å². The number of hydrogen-bond acceptors (Lipinski definition) is 4. The Morgan fingerprint density at radius 3 is 2.41 bits per heavy atom. The van der Waals surface area contributed by atoms with E-state index < -0.39 is 11.8 Å². The van der Waals surface area contributed by atoms with E-state index in [9.17, 15) is 14.4 Å². The van der Waals surface area contributed by atoms with Gasteiger partial charge in [0.1, 0.15) is 0 Å². The van der Waals surface area contributed by atoms with E-state index in [1.807, 2.05) is 6.07 Å². The molecule has 1 aliphatic heterocycles. The van der Waals surface area contributed by atoms with Gasteiger partial charge in [-0.05, 0) is 31.9 Å². The van der Waals surface area contributed by atoms with Crippen LogP contribution in [-0.2, 0) is 19.1 Å². The van der Waals surface area contributed by atoms with E-state index >= 15 is 0 Å². The van der Waals surface area contributed by atoms with Gasteiger partial charge in [0.05, 0.1) is 12.5 Å². The van der Waals surface area contributed by atoms with E-state index in [1.165, 1.54) is 4.90 Å². The Labute approximate surface area is 129 Å². The highest BCUT2D eigenvalue weighted by atomic mass is 16.5. The number of carbonyl (C=O) groups is 3. The third-order valence-corrected chi connectivity index (χ3v) is 3.63. The number of esters is 1. The summed E-state index contributed by atoms with van der Waals surface area (Å²) in [6.07, 6.45) is 1.06. The normalized spacial score (nSPS) is 15.2. The van der Waals surface area contributed by atoms with Gasteiger partial charge in [-0.3, -0.25) is 14.4 Å². The largest absolute Gasteiger partial charge is 0.466 e. The summed E-state index contributed by atoms with van der Waals surface area (Å²) in [6, 6.07) is 8.84. The van der Waals surface area contributed by atoms with Gasteiger partial charge in [0.25, 0.3) is 0 Å². The molecule has 1 aromatic carbocycles. The lowest BCUT2D eigenvalue weighted by atomic mass is 9.97. The first-order valence-corrected chi connectivity index (χ1v) is 7.43. The van der Waals surface area contributed by atoms with Gasteiger partial charge < -0.3 is 15.0 Å². The van der Waals surface area contributed by atoms with Gasteiger partial charge in [0, 0.05) is 18.8 Å². The summed E-state index contributed by atoms with van der Waals surface area (Å²) < 4.78 is 4.98. The van der Waals surface area contributed by atoms with Crippen LogP contribution in [-0.4, -0.2) is 42.4 Å². The Morgan fingerprint density at radius 1 is 1.18 bits per heavy atom. The molecule has 2 rings (SSSR count). The molecule has 0 aliphatic carbocycles. The van der Waals surface area contributed by atoms with Crippen LogP contribution in [0.15, 0.2) is 30.3 Å². The van der Waals surface area contributed by atoms with Gasteiger partial charge in [-0.2, -0.15) is 0 Å². The average molecular weight is 304 g/mol. The molecule has 22 heavy (non-hydrogen) atoms. The van der Waals surface area contributed by atoms with Gasteiger partial charge >= 0.3 is 17.8 Å². The van der Waals surface area contributed by atoms with Crippen LogP contribution < -0.4 is 5.32 Å². The maximum absolute atomic E-state index is 12.1. The second-order valence-electron chi connectivity index (χ2n) is 5.14. The molecule has 118 valence electrons. The topological polar surface area (TPSA) is 75.7 Å². The van der Waals surface area contributed by atoms with Gasteiger partial charge in [0.15, 0.2) is 0 Å². The summed E-state index contributed by atoms with van der Waals surface area (Å²) in [5.41, 5.74) is 0.585. The van der Waals surface area contributed by atoms with Gasteiger partial charge in [-0.25, -0.2) is 0 Å². The van der Waals surface area contributed by atoms with Crippen molar-refractivity contribution in [3.05, 3.63) is 30.3 Å². The predicted octanol–water partition coefficient (Wildman–Crippen LogP) is 1.43. The van der Waals surface area contributed by atoms with E-state index in [1.54, 1.807) is 31.2 Å². The summed E-state index contributed by atoms with van der Waals surface area (Å²) in [6.45, 7) is 2.91. The third-order valence-electron chi connectivity index (χ3n) is 3.63. The summed E-state index contributed by atoms with van der Waals surface area (Å²) >= 11 is 0. The zero-order valence-electron chi connectivity index (χ0n) is 12.6. The minimum Gasteiger partial charge on any atom is -0.466 e. The molecule has 0 bridgehead atoms. The quantitative estimate of drug-likeness (QED) is 0.677. The van der Waals surface area contributed by atoms with E-state index in [0.29, 0.717) is 38.2 Å². The number of amides is 2. The number of nitrogens with zero attached hydrogens (tertiary/aromatic N) is 1. The Bertz CT molecular complexity index is 536. The number of benzene rings is 1. The third kappa shape index (κ3) is 4.07. The monoisotopic (exact) mass is 304 g/mol. The zero-order chi connectivity index (χ0) is 15.9. The number of rotatable bonds is 3. The highest BCUT2D eigenvalue weighted by Gasteiger charge is 2.30. The molecule has 0 atom stereocenters. The molecule has 0 spiro atoms. The van der Waals surface area contributed by atoms with E-state index in [0.717, 1.165) is 0 Å². The van der Waals surface area contributed by atoms with Crippen LogP contribution in [0.3, 0.4) is 0 Å². The summed E-state index contributed by atoms with van der Waals surface area (Å²) in [5, 5.41) is 2.57. The van der Waals surface area contributed by atoms with Crippen LogP contribution in [0.5, 0.6) is 0 Å². The maximum atomic E-state index is 12.1. The molecule has 1 N–H and O–H groups in total. The molecular weight excluding hydrogens is 284 g/mol. The first kappa shape index (κ1) is 16.0. The molecule has 6 nitrogen and oxygen atoms in total. The van der Waals surface area contributed by atoms with Crippen LogP contribution in [0.1, 0.15) is 19.8 Å². The molecule has 0 saturated carbocycles. The number of anilines is 1. The van der Waals surface area contributed by atoms with E-state index in [4.69, 9.17) is 4.74 Å². The molecule has 2 amide bonds. The van der Waals surface area contributed by atoms with Crippen LogP contribution in [0.4, 0.5) is 5.69 Å². The number of hydrogen-bond donors (Lipinski definition) is 1. The zero-order valence-corrected chi connectivity index (χ0v) is 12.6. The second-order valence-corrected chi connectivity index (χ2v) is 5.14. The fourth-order valence-electron chi connectivity index (χ4n) is 2.43. The van der Waals surface area contributed by atoms with Crippen molar-refractivity contribution in [1.29, 1.82) is 0 Å². The predicted molar refractivity (Wildman–Crippen MR) is 81.0 cm³/mol. The molecule has 1 fully saturated rings. The fraction of sp³-hybridized carbons (Fsp3) is 0.438. The fourth-order valence-corrected chi connectivity index (χ4v) is 2.43. The Morgan fingerprint density at radius 2 is 1.82 bits per heavy atom. The number of nitrogens with one attached hydrogen (secondary N) is 1. The summed E-state index contributed by atoms with van der Waals surface area (Å²) in [4.78, 5) is 37.2. The molecule has 1 heterocycles. The van der Waals surface area contributed by atoms with Crippen LogP contribution >= 0.6 is 0 Å². The number of likely N-dealkylation sites (tertiary alicyclic amines) is 1. The minimum absolute atomic E-state index is 0.179. The van der Waals surface area contributed by atoms with Crippen molar-refractivity contribution in [2.75, 3.05) is 25.0 Å². The minimum atomic E-state index is -0.652. The lowest BCUT2D eigenvalue weighted by Crippen LogP contribution is -2.45. The molecule has 1 aliphatic rings. The van der Waals surface area contributed by atoms with Crippen molar-refractivity contribution in [2.45, 2.75) is 19.8 Å². The molecule has 6 heteroatoms. The molecule has 1 aromatic rings. The number of piperidine rings is 1. The smallest absolute Gasteiger partial charge is 0.313 e. The highest BCUT2D eigenvalue weighted by molar-refractivity contribution is 6.39. The Balaban J connectivity index is 1.84. The van der Waals surface area contributed by atoms with Crippen LogP contribution in [0.2, 0.25) is 0 Å². The van der Waals surface area contributed by atoms with Crippen molar-refractivity contribution < 1.29 is 19.1 Å². The van der Waals surface area contributed by atoms with Crippen molar-refractivity contribution >= 4 is 23.5 Å². The standard InChI is InChI=1S/C16H20N2O4/c1-2-22-16(21)12-8-10-18(11-9-12)15(20)14(19)17-13-6-4-3-5-7-13/h3-7,12H,2,8-11H2,1H3,(H,17,19). The van der Waals surface area contributed by atoms with Gasteiger partial charge in [-0.1, -0.05) is 18.2 Å². The summed E-state index contributed by atoms with van der Waals surface area (Å²) in [5.74, 6) is -1.61. The van der Waals surface area contributed by atoms with E-state index in [-0.39, 0.29) is 11.9 Å². The van der Waals surface area contributed by atoms with Gasteiger partial charge in [-0.15, -0.1) is 0 Å². The highest BCUT2D eigenvalue weighted by Crippen LogP contribution is 2.19. The van der Waals surface area contributed by atoms with Crippen molar-refractivity contribution in [1.82, 2.24) is 4.90 Å². The summed E-state index contributed by atoms with van der Waals surface area (Å²) in [7, 11) is 0. The molecule has 0 radical (unpaired) electrons. The molecule has 0 aromatic heterocycles. The Hall–Kier alpha value is -2.37. The average Bonchev–Trinajstić information content (AvgIpc) is 2.55. The molecule has 1 saturated heterocycles. The molecular formula is C16H20N2O4. The van der Waals surface area contributed by atoms with Gasteiger partial charge in [0.2, 0.25) is 0 Å². The first-order valence-electron chi connectivity index (χ1n) is 7.43. The number of ether oxygens (including phenoxy) is 1. The maximum Gasteiger partial charge on any atom is 0.313 e. The second kappa shape index (κ2) is 7.59. The number of carbonyl (C=O) groups excluding carboxylic acids is 3. The van der Waals surface area contributed by atoms with Crippen molar-refractivity contribution in [3.8, 4) is 0 Å². The van der Waals surface area contributed by atoms with Crippen molar-refractivity contribution in [3.63, 3.8) is 0 Å². The lowest BCUT2D eigenvalue weighted by Gasteiger charge is -2.30.